The van der Waals surface area contributed by atoms with Gasteiger partial charge in [-0.2, -0.15) is 10.2 Å². The second kappa shape index (κ2) is 9.23. The highest BCUT2D eigenvalue weighted by Crippen LogP contribution is 2.32. The Balaban J connectivity index is 1.51. The van der Waals surface area contributed by atoms with Crippen LogP contribution < -0.4 is 4.74 Å². The van der Waals surface area contributed by atoms with Crippen molar-refractivity contribution in [2.45, 2.75) is 39.2 Å². The number of fused-ring (bicyclic) bond motifs is 1. The number of piperidine rings is 1. The fraction of sp³-hybridized carbons (Fsp3) is 0.542. The molecule has 0 bridgehead atoms. The van der Waals surface area contributed by atoms with Crippen molar-refractivity contribution in [3.05, 3.63) is 41.2 Å². The van der Waals surface area contributed by atoms with Gasteiger partial charge in [0.15, 0.2) is 5.82 Å². The van der Waals surface area contributed by atoms with E-state index in [4.69, 9.17) is 19.7 Å². The molecule has 0 radical (unpaired) electrons. The zero-order valence-corrected chi connectivity index (χ0v) is 19.6. The highest BCUT2D eigenvalue weighted by Gasteiger charge is 2.25. The minimum absolute atomic E-state index is 0.0217. The van der Waals surface area contributed by atoms with Crippen LogP contribution in [0, 0.1) is 18.7 Å². The second-order valence-electron chi connectivity index (χ2n) is 9.08. The summed E-state index contributed by atoms with van der Waals surface area (Å²) in [6, 6.07) is 1.42. The number of ether oxygens (including phenoxy) is 2. The fourth-order valence-electron chi connectivity index (χ4n) is 4.91. The first-order valence-corrected chi connectivity index (χ1v) is 11.6. The van der Waals surface area contributed by atoms with E-state index in [-0.39, 0.29) is 5.88 Å². The summed E-state index contributed by atoms with van der Waals surface area (Å²) >= 11 is 0. The Bertz CT molecular complexity index is 1130. The molecule has 0 aromatic carbocycles. The normalized spacial score (nSPS) is 17.7. The minimum Gasteiger partial charge on any atom is -0.479 e. The number of methoxy groups -OCH3 is 1. The number of hydrogen-bond donors (Lipinski definition) is 0. The SMILES string of the molecule is COc1ncc(-n2nc(-c3cn(CC4CCN(C)CC4)nc3C)c3c2CCOCC3)cc1F. The van der Waals surface area contributed by atoms with Gasteiger partial charge >= 0.3 is 0 Å². The maximum absolute atomic E-state index is 14.4. The first-order chi connectivity index (χ1) is 16.0. The van der Waals surface area contributed by atoms with Crippen LogP contribution in [-0.4, -0.2) is 69.9 Å². The molecule has 1 fully saturated rings. The van der Waals surface area contributed by atoms with Crippen LogP contribution in [0.2, 0.25) is 0 Å². The highest BCUT2D eigenvalue weighted by molar-refractivity contribution is 5.67. The van der Waals surface area contributed by atoms with Crippen LogP contribution in [0.25, 0.3) is 16.9 Å². The number of pyridine rings is 1. The Morgan fingerprint density at radius 1 is 1.18 bits per heavy atom. The van der Waals surface area contributed by atoms with Gasteiger partial charge in [0.1, 0.15) is 0 Å². The molecule has 0 amide bonds. The Hall–Kier alpha value is -2.78. The van der Waals surface area contributed by atoms with Gasteiger partial charge in [0.05, 0.1) is 49.3 Å². The van der Waals surface area contributed by atoms with Gasteiger partial charge in [0, 0.05) is 36.4 Å². The van der Waals surface area contributed by atoms with Crippen molar-refractivity contribution in [2.75, 3.05) is 40.5 Å². The molecule has 0 spiro atoms. The van der Waals surface area contributed by atoms with Crippen LogP contribution in [0.1, 0.15) is 29.8 Å². The van der Waals surface area contributed by atoms with Gasteiger partial charge in [0.25, 0.3) is 0 Å². The van der Waals surface area contributed by atoms with Gasteiger partial charge in [-0.1, -0.05) is 0 Å². The molecule has 5 heterocycles. The van der Waals surface area contributed by atoms with Gasteiger partial charge < -0.3 is 14.4 Å². The van der Waals surface area contributed by atoms with E-state index < -0.39 is 5.82 Å². The molecular weight excluding hydrogens is 423 g/mol. The molecule has 2 aliphatic rings. The van der Waals surface area contributed by atoms with E-state index in [9.17, 15) is 4.39 Å². The third kappa shape index (κ3) is 4.39. The number of likely N-dealkylation sites (tertiary alicyclic amines) is 1. The van der Waals surface area contributed by atoms with Gasteiger partial charge in [-0.15, -0.1) is 0 Å². The predicted octanol–water partition coefficient (Wildman–Crippen LogP) is 3.04. The summed E-state index contributed by atoms with van der Waals surface area (Å²) in [7, 11) is 3.59. The van der Waals surface area contributed by atoms with E-state index in [2.05, 4.69) is 27.8 Å². The number of aromatic nitrogens is 5. The van der Waals surface area contributed by atoms with Crippen molar-refractivity contribution >= 4 is 0 Å². The van der Waals surface area contributed by atoms with Gasteiger partial charge in [-0.05, 0) is 52.2 Å². The van der Waals surface area contributed by atoms with Crippen LogP contribution in [0.5, 0.6) is 5.88 Å². The Morgan fingerprint density at radius 3 is 2.73 bits per heavy atom. The number of rotatable bonds is 5. The van der Waals surface area contributed by atoms with E-state index in [1.54, 1.807) is 6.20 Å². The molecule has 0 aliphatic carbocycles. The molecule has 8 nitrogen and oxygen atoms in total. The van der Waals surface area contributed by atoms with Gasteiger partial charge in [-0.3, -0.25) is 4.68 Å². The smallest absolute Gasteiger partial charge is 0.250 e. The van der Waals surface area contributed by atoms with Crippen LogP contribution >= 0.6 is 0 Å². The van der Waals surface area contributed by atoms with Crippen LogP contribution in [0.15, 0.2) is 18.5 Å². The van der Waals surface area contributed by atoms with Crippen LogP contribution in [-0.2, 0) is 24.1 Å². The summed E-state index contributed by atoms with van der Waals surface area (Å²) in [4.78, 5) is 6.50. The predicted molar refractivity (Wildman–Crippen MR) is 122 cm³/mol. The highest BCUT2D eigenvalue weighted by atomic mass is 19.1. The van der Waals surface area contributed by atoms with Crippen molar-refractivity contribution in [1.29, 1.82) is 0 Å². The average Bonchev–Trinajstić information content (AvgIpc) is 3.24. The Labute approximate surface area is 193 Å². The standard InChI is InChI=1S/C24H31FN6O2/c1-16-20(15-30(27-16)14-17-4-8-29(2)9-5-17)23-19-6-10-33-11-7-22(19)31(28-23)18-12-21(25)24(32-3)26-13-18/h12-13,15,17H,4-11,14H2,1-3H3. The number of halogens is 1. The number of nitrogens with zero attached hydrogens (tertiary/aromatic N) is 6. The molecule has 0 atom stereocenters. The topological polar surface area (TPSA) is 70.2 Å². The molecule has 1 saturated heterocycles. The molecule has 5 rings (SSSR count). The van der Waals surface area contributed by atoms with Crippen molar-refractivity contribution in [2.24, 2.45) is 5.92 Å². The third-order valence-electron chi connectivity index (χ3n) is 6.79. The number of aryl methyl sites for hydroxylation is 1. The molecule has 3 aromatic rings. The lowest BCUT2D eigenvalue weighted by atomic mass is 9.97. The first kappa shape index (κ1) is 22.0. The molecular formula is C24H31FN6O2. The summed E-state index contributed by atoms with van der Waals surface area (Å²) in [5, 5.41) is 9.78. The Morgan fingerprint density at radius 2 is 1.97 bits per heavy atom. The Kier molecular flexibility index (Phi) is 6.16. The van der Waals surface area contributed by atoms with E-state index >= 15 is 0 Å². The van der Waals surface area contributed by atoms with Crippen molar-refractivity contribution in [3.63, 3.8) is 0 Å². The maximum atomic E-state index is 14.4. The first-order valence-electron chi connectivity index (χ1n) is 11.6. The van der Waals surface area contributed by atoms with E-state index in [0.717, 1.165) is 54.3 Å². The summed E-state index contributed by atoms with van der Waals surface area (Å²) in [6.07, 6.45) is 7.58. The number of hydrogen-bond acceptors (Lipinski definition) is 6. The van der Waals surface area contributed by atoms with Gasteiger partial charge in [-0.25, -0.2) is 14.1 Å². The van der Waals surface area contributed by atoms with Crippen molar-refractivity contribution in [1.82, 2.24) is 29.4 Å². The monoisotopic (exact) mass is 454 g/mol. The van der Waals surface area contributed by atoms with Gasteiger partial charge in [0.2, 0.25) is 5.88 Å². The van der Waals surface area contributed by atoms with E-state index in [1.165, 1.54) is 26.0 Å². The lowest BCUT2D eigenvalue weighted by Crippen LogP contribution is -2.32. The summed E-state index contributed by atoms with van der Waals surface area (Å²) in [5.41, 5.74) is 5.65. The molecule has 2 aliphatic heterocycles. The second-order valence-corrected chi connectivity index (χ2v) is 9.08. The zero-order valence-electron chi connectivity index (χ0n) is 19.6. The lowest BCUT2D eigenvalue weighted by Gasteiger charge is -2.28. The average molecular weight is 455 g/mol. The summed E-state index contributed by atoms with van der Waals surface area (Å²) < 4.78 is 29.0. The minimum atomic E-state index is -0.507. The van der Waals surface area contributed by atoms with Crippen molar-refractivity contribution in [3.8, 4) is 22.8 Å². The summed E-state index contributed by atoms with van der Waals surface area (Å²) in [5.74, 6) is 0.115. The molecule has 176 valence electrons. The van der Waals surface area contributed by atoms with E-state index in [1.807, 2.05) is 11.6 Å². The molecule has 0 N–H and O–H groups in total. The third-order valence-corrected chi connectivity index (χ3v) is 6.79. The largest absolute Gasteiger partial charge is 0.479 e. The fourth-order valence-corrected chi connectivity index (χ4v) is 4.91. The molecule has 3 aromatic heterocycles. The quantitative estimate of drug-likeness (QED) is 0.590. The lowest BCUT2D eigenvalue weighted by molar-refractivity contribution is 0.145. The van der Waals surface area contributed by atoms with Crippen LogP contribution in [0.4, 0.5) is 4.39 Å². The van der Waals surface area contributed by atoms with Crippen molar-refractivity contribution < 1.29 is 13.9 Å². The molecule has 33 heavy (non-hydrogen) atoms. The zero-order chi connectivity index (χ0) is 22.9. The van der Waals surface area contributed by atoms with E-state index in [0.29, 0.717) is 31.2 Å². The molecule has 9 heteroatoms. The molecule has 0 unspecified atom stereocenters. The maximum Gasteiger partial charge on any atom is 0.250 e. The van der Waals surface area contributed by atoms with Crippen LogP contribution in [0.3, 0.4) is 0 Å². The molecule has 0 saturated carbocycles. The summed E-state index contributed by atoms with van der Waals surface area (Å²) in [6.45, 7) is 6.49.